The minimum Gasteiger partial charge on any atom is -0.466 e. The van der Waals surface area contributed by atoms with Gasteiger partial charge in [0.05, 0.1) is 18.5 Å². The van der Waals surface area contributed by atoms with Gasteiger partial charge in [-0.15, -0.1) is 0 Å². The highest BCUT2D eigenvalue weighted by atomic mass is 16.5. The van der Waals surface area contributed by atoms with Gasteiger partial charge in [0.1, 0.15) is 0 Å². The normalized spacial score (nSPS) is 10.5. The van der Waals surface area contributed by atoms with Gasteiger partial charge in [0.2, 0.25) is 0 Å². The average molecular weight is 245 g/mol. The van der Waals surface area contributed by atoms with Crippen molar-refractivity contribution in [2.24, 2.45) is 0 Å². The molecule has 0 spiro atoms. The van der Waals surface area contributed by atoms with E-state index in [0.29, 0.717) is 13.2 Å². The molecule has 2 rings (SSSR count). The maximum atomic E-state index is 11.8. The smallest absolute Gasteiger partial charge is 0.307 e. The number of esters is 1. The summed E-state index contributed by atoms with van der Waals surface area (Å²) in [5, 5.41) is 0.987. The van der Waals surface area contributed by atoms with Gasteiger partial charge in [0.25, 0.3) is 5.56 Å². The van der Waals surface area contributed by atoms with E-state index in [0.717, 1.165) is 10.9 Å². The Balaban J connectivity index is 2.29. The first-order valence-corrected chi connectivity index (χ1v) is 5.96. The third-order valence-corrected chi connectivity index (χ3v) is 2.74. The van der Waals surface area contributed by atoms with Crippen LogP contribution in [0.25, 0.3) is 10.9 Å². The first-order chi connectivity index (χ1) is 8.72. The summed E-state index contributed by atoms with van der Waals surface area (Å²) in [6, 6.07) is 10.9. The van der Waals surface area contributed by atoms with Gasteiger partial charge in [-0.1, -0.05) is 18.2 Å². The number of nitrogens with zero attached hydrogens (tertiary/aromatic N) is 1. The van der Waals surface area contributed by atoms with Gasteiger partial charge >= 0.3 is 5.97 Å². The molecule has 0 aliphatic carbocycles. The van der Waals surface area contributed by atoms with E-state index in [1.54, 1.807) is 17.6 Å². The van der Waals surface area contributed by atoms with Gasteiger partial charge in [-0.25, -0.2) is 0 Å². The monoisotopic (exact) mass is 245 g/mol. The van der Waals surface area contributed by atoms with Crippen LogP contribution in [-0.2, 0) is 16.1 Å². The van der Waals surface area contributed by atoms with Crippen LogP contribution >= 0.6 is 0 Å². The lowest BCUT2D eigenvalue weighted by Gasteiger charge is -2.09. The topological polar surface area (TPSA) is 48.3 Å². The molecule has 2 aromatic rings. The zero-order chi connectivity index (χ0) is 13.0. The molecule has 0 saturated heterocycles. The van der Waals surface area contributed by atoms with Crippen molar-refractivity contribution < 1.29 is 9.53 Å². The molecule has 4 heteroatoms. The van der Waals surface area contributed by atoms with Crippen molar-refractivity contribution in [2.75, 3.05) is 6.61 Å². The van der Waals surface area contributed by atoms with Gasteiger partial charge < -0.3 is 9.30 Å². The lowest BCUT2D eigenvalue weighted by atomic mass is 10.2. The molecule has 1 aromatic heterocycles. The molecule has 0 N–H and O–H groups in total. The molecular formula is C14H15NO3. The molecule has 94 valence electrons. The standard InChI is InChI=1S/C14H15NO3/c1-2-18-14(17)9-10-15-12-6-4-3-5-11(12)7-8-13(15)16/h3-8H,2,9-10H2,1H3. The van der Waals surface area contributed by atoms with E-state index >= 15 is 0 Å². The number of hydrogen-bond acceptors (Lipinski definition) is 3. The van der Waals surface area contributed by atoms with Crippen LogP contribution in [0.3, 0.4) is 0 Å². The largest absolute Gasteiger partial charge is 0.466 e. The number of benzene rings is 1. The van der Waals surface area contributed by atoms with Crippen molar-refractivity contribution in [3.8, 4) is 0 Å². The number of carbonyl (C=O) groups is 1. The first kappa shape index (κ1) is 12.4. The number of hydrogen-bond donors (Lipinski definition) is 0. The molecule has 0 amide bonds. The molecule has 18 heavy (non-hydrogen) atoms. The summed E-state index contributed by atoms with van der Waals surface area (Å²) in [6.45, 7) is 2.48. The maximum absolute atomic E-state index is 11.8. The SMILES string of the molecule is CCOC(=O)CCn1c(=O)ccc2ccccc21. The van der Waals surface area contributed by atoms with Crippen LogP contribution in [0.4, 0.5) is 0 Å². The van der Waals surface area contributed by atoms with Crippen molar-refractivity contribution in [3.63, 3.8) is 0 Å². The van der Waals surface area contributed by atoms with Crippen LogP contribution < -0.4 is 5.56 Å². The fraction of sp³-hybridized carbons (Fsp3) is 0.286. The summed E-state index contributed by atoms with van der Waals surface area (Å²) in [5.41, 5.74) is 0.743. The minimum absolute atomic E-state index is 0.0991. The van der Waals surface area contributed by atoms with Gasteiger partial charge in [0.15, 0.2) is 0 Å². The van der Waals surface area contributed by atoms with E-state index in [2.05, 4.69) is 0 Å². The van der Waals surface area contributed by atoms with E-state index in [-0.39, 0.29) is 17.9 Å². The predicted octanol–water partition coefficient (Wildman–Crippen LogP) is 1.95. The molecule has 0 aliphatic rings. The van der Waals surface area contributed by atoms with Crippen molar-refractivity contribution in [3.05, 3.63) is 46.8 Å². The Morgan fingerprint density at radius 3 is 2.78 bits per heavy atom. The predicted molar refractivity (Wildman–Crippen MR) is 69.5 cm³/mol. The summed E-state index contributed by atoms with van der Waals surface area (Å²) in [7, 11) is 0. The van der Waals surface area contributed by atoms with Gasteiger partial charge in [-0.2, -0.15) is 0 Å². The van der Waals surface area contributed by atoms with Crippen molar-refractivity contribution in [2.45, 2.75) is 19.9 Å². The molecular weight excluding hydrogens is 230 g/mol. The van der Waals surface area contributed by atoms with Crippen LogP contribution in [0.2, 0.25) is 0 Å². The van der Waals surface area contributed by atoms with Gasteiger partial charge in [-0.05, 0) is 24.4 Å². The lowest BCUT2D eigenvalue weighted by molar-refractivity contribution is -0.143. The highest BCUT2D eigenvalue weighted by molar-refractivity contribution is 5.79. The summed E-state index contributed by atoms with van der Waals surface area (Å²) in [6.07, 6.45) is 0.210. The first-order valence-electron chi connectivity index (χ1n) is 5.96. The number of ether oxygens (including phenoxy) is 1. The second kappa shape index (κ2) is 5.49. The van der Waals surface area contributed by atoms with Gasteiger partial charge in [0, 0.05) is 12.6 Å². The number of carbonyl (C=O) groups excluding carboxylic acids is 1. The van der Waals surface area contributed by atoms with Crippen LogP contribution in [0.1, 0.15) is 13.3 Å². The second-order valence-electron chi connectivity index (χ2n) is 3.94. The van der Waals surface area contributed by atoms with Crippen molar-refractivity contribution >= 4 is 16.9 Å². The fourth-order valence-corrected chi connectivity index (χ4v) is 1.91. The number of fused-ring (bicyclic) bond motifs is 1. The highest BCUT2D eigenvalue weighted by Gasteiger charge is 2.06. The second-order valence-corrected chi connectivity index (χ2v) is 3.94. The summed E-state index contributed by atoms with van der Waals surface area (Å²) in [4.78, 5) is 23.1. The van der Waals surface area contributed by atoms with Crippen LogP contribution in [0.5, 0.6) is 0 Å². The number of aryl methyl sites for hydroxylation is 1. The van der Waals surface area contributed by atoms with E-state index < -0.39 is 0 Å². The minimum atomic E-state index is -0.280. The molecule has 0 saturated carbocycles. The molecule has 0 aliphatic heterocycles. The number of para-hydroxylation sites is 1. The Hall–Kier alpha value is -2.10. The van der Waals surface area contributed by atoms with E-state index in [4.69, 9.17) is 4.74 Å². The Morgan fingerprint density at radius 1 is 1.22 bits per heavy atom. The lowest BCUT2D eigenvalue weighted by Crippen LogP contribution is -2.21. The third-order valence-electron chi connectivity index (χ3n) is 2.74. The average Bonchev–Trinajstić information content (AvgIpc) is 2.38. The zero-order valence-electron chi connectivity index (χ0n) is 10.3. The Bertz CT molecular complexity index is 616. The molecule has 0 radical (unpaired) electrons. The third kappa shape index (κ3) is 2.59. The van der Waals surface area contributed by atoms with Crippen LogP contribution in [0.15, 0.2) is 41.2 Å². The van der Waals surface area contributed by atoms with E-state index in [1.165, 1.54) is 6.07 Å². The molecule has 1 aromatic carbocycles. The van der Waals surface area contributed by atoms with E-state index in [1.807, 2.05) is 24.3 Å². The quantitative estimate of drug-likeness (QED) is 0.773. The van der Waals surface area contributed by atoms with Crippen LogP contribution in [0, 0.1) is 0 Å². The number of pyridine rings is 1. The van der Waals surface area contributed by atoms with Crippen LogP contribution in [-0.4, -0.2) is 17.1 Å². The van der Waals surface area contributed by atoms with Crippen molar-refractivity contribution in [1.29, 1.82) is 0 Å². The summed E-state index contributed by atoms with van der Waals surface area (Å²) < 4.78 is 6.46. The Morgan fingerprint density at radius 2 is 2.00 bits per heavy atom. The molecule has 0 bridgehead atoms. The molecule has 0 atom stereocenters. The zero-order valence-corrected chi connectivity index (χ0v) is 10.3. The molecule has 0 fully saturated rings. The number of aromatic nitrogens is 1. The fourth-order valence-electron chi connectivity index (χ4n) is 1.91. The van der Waals surface area contributed by atoms with E-state index in [9.17, 15) is 9.59 Å². The summed E-state index contributed by atoms with van der Waals surface area (Å²) >= 11 is 0. The number of rotatable bonds is 4. The molecule has 0 unspecified atom stereocenters. The highest BCUT2D eigenvalue weighted by Crippen LogP contribution is 2.11. The Labute approximate surface area is 105 Å². The molecule has 4 nitrogen and oxygen atoms in total. The Kier molecular flexibility index (Phi) is 3.77. The van der Waals surface area contributed by atoms with Gasteiger partial charge in [-0.3, -0.25) is 9.59 Å². The molecule has 1 heterocycles. The maximum Gasteiger partial charge on any atom is 0.307 e. The van der Waals surface area contributed by atoms with Crippen molar-refractivity contribution in [1.82, 2.24) is 4.57 Å². The summed E-state index contributed by atoms with van der Waals surface area (Å²) in [5.74, 6) is -0.280.